The fourth-order valence-corrected chi connectivity index (χ4v) is 3.74. The van der Waals surface area contributed by atoms with Crippen molar-refractivity contribution >= 4 is 23.2 Å². The van der Waals surface area contributed by atoms with Crippen LogP contribution < -0.4 is 15.0 Å². The van der Waals surface area contributed by atoms with E-state index in [0.717, 1.165) is 36.1 Å². The van der Waals surface area contributed by atoms with Crippen molar-refractivity contribution in [3.63, 3.8) is 0 Å². The van der Waals surface area contributed by atoms with Crippen LogP contribution in [0.25, 0.3) is 11.3 Å². The number of carbonyl (C=O) groups excluding carboxylic acids is 2. The van der Waals surface area contributed by atoms with Crippen molar-refractivity contribution in [1.29, 1.82) is 0 Å². The maximum absolute atomic E-state index is 12.2. The molecule has 7 nitrogen and oxygen atoms in total. The highest BCUT2D eigenvalue weighted by atomic mass is 16.5. The van der Waals surface area contributed by atoms with Crippen molar-refractivity contribution in [2.75, 3.05) is 29.9 Å². The third kappa shape index (κ3) is 5.94. The summed E-state index contributed by atoms with van der Waals surface area (Å²) >= 11 is 0. The molecule has 1 amide bonds. The molecule has 33 heavy (non-hydrogen) atoms. The molecule has 170 valence electrons. The molecular formula is C26H28N4O3. The normalized spacial score (nSPS) is 14.1. The van der Waals surface area contributed by atoms with Crippen LogP contribution in [-0.2, 0) is 4.79 Å². The number of Topliss-reactive ketones (excluding diaryl/α,β-unsaturated/α-hetero) is 1. The third-order valence-electron chi connectivity index (χ3n) is 5.85. The highest BCUT2D eigenvalue weighted by molar-refractivity contribution is 5.94. The number of carbonyl (C=O) groups is 2. The van der Waals surface area contributed by atoms with E-state index in [1.807, 2.05) is 36.4 Å². The standard InChI is InChI=1S/C26H28N4O3/c1-18-13-15-30(16-14-18)25-12-11-24(28-29-25)21-3-7-22(8-4-21)27-26(32)17-33-23-9-5-20(6-10-23)19(2)31/h3-12,18H,13-17H2,1-2H3,(H,27,32). The number of hydrogen-bond acceptors (Lipinski definition) is 6. The molecule has 0 saturated carbocycles. The van der Waals surface area contributed by atoms with Crippen LogP contribution in [0.5, 0.6) is 5.75 Å². The predicted molar refractivity (Wildman–Crippen MR) is 129 cm³/mol. The number of anilines is 2. The zero-order valence-electron chi connectivity index (χ0n) is 19.0. The monoisotopic (exact) mass is 444 g/mol. The van der Waals surface area contributed by atoms with Crippen LogP contribution in [0.2, 0.25) is 0 Å². The molecule has 7 heteroatoms. The number of hydrogen-bond donors (Lipinski definition) is 1. The molecule has 4 rings (SSSR count). The maximum atomic E-state index is 12.2. The van der Waals surface area contributed by atoms with Gasteiger partial charge in [0.15, 0.2) is 18.2 Å². The quantitative estimate of drug-likeness (QED) is 0.536. The molecule has 0 atom stereocenters. The number of nitrogens with one attached hydrogen (secondary N) is 1. The van der Waals surface area contributed by atoms with Crippen LogP contribution >= 0.6 is 0 Å². The summed E-state index contributed by atoms with van der Waals surface area (Å²) in [4.78, 5) is 25.8. The molecule has 2 aromatic carbocycles. The summed E-state index contributed by atoms with van der Waals surface area (Å²) in [5, 5.41) is 11.6. The van der Waals surface area contributed by atoms with Gasteiger partial charge in [-0.25, -0.2) is 0 Å². The van der Waals surface area contributed by atoms with Crippen molar-refractivity contribution in [3.8, 4) is 17.0 Å². The van der Waals surface area contributed by atoms with Gasteiger partial charge < -0.3 is 15.0 Å². The average Bonchev–Trinajstić information content (AvgIpc) is 2.84. The van der Waals surface area contributed by atoms with E-state index in [1.54, 1.807) is 24.3 Å². The first-order valence-corrected chi connectivity index (χ1v) is 11.2. The number of piperidine rings is 1. The highest BCUT2D eigenvalue weighted by Gasteiger charge is 2.17. The first-order valence-electron chi connectivity index (χ1n) is 11.2. The summed E-state index contributed by atoms with van der Waals surface area (Å²) in [5.74, 6) is 1.95. The highest BCUT2D eigenvalue weighted by Crippen LogP contribution is 2.24. The average molecular weight is 445 g/mol. The minimum absolute atomic E-state index is 0.0127. The number of rotatable bonds is 7. The maximum Gasteiger partial charge on any atom is 0.262 e. The minimum atomic E-state index is -0.265. The Kier molecular flexibility index (Phi) is 6.98. The summed E-state index contributed by atoms with van der Waals surface area (Å²) in [7, 11) is 0. The molecule has 0 bridgehead atoms. The molecule has 1 aliphatic rings. The molecule has 0 unspecified atom stereocenters. The smallest absolute Gasteiger partial charge is 0.262 e. The van der Waals surface area contributed by atoms with Crippen LogP contribution in [-0.4, -0.2) is 41.6 Å². The Balaban J connectivity index is 1.29. The van der Waals surface area contributed by atoms with Gasteiger partial charge in [-0.3, -0.25) is 9.59 Å². The van der Waals surface area contributed by atoms with Crippen LogP contribution in [0.15, 0.2) is 60.7 Å². The lowest BCUT2D eigenvalue weighted by atomic mass is 9.99. The Hall–Kier alpha value is -3.74. The van der Waals surface area contributed by atoms with Gasteiger partial charge in [-0.05, 0) is 74.2 Å². The van der Waals surface area contributed by atoms with E-state index in [-0.39, 0.29) is 18.3 Å². The van der Waals surface area contributed by atoms with Gasteiger partial charge in [-0.2, -0.15) is 0 Å². The van der Waals surface area contributed by atoms with E-state index in [1.165, 1.54) is 19.8 Å². The fraction of sp³-hybridized carbons (Fsp3) is 0.308. The predicted octanol–water partition coefficient (Wildman–Crippen LogP) is 4.60. The number of benzene rings is 2. The van der Waals surface area contributed by atoms with E-state index in [4.69, 9.17) is 4.74 Å². The zero-order valence-corrected chi connectivity index (χ0v) is 19.0. The second-order valence-corrected chi connectivity index (χ2v) is 8.44. The Morgan fingerprint density at radius 1 is 0.970 bits per heavy atom. The van der Waals surface area contributed by atoms with Gasteiger partial charge in [0, 0.05) is 29.9 Å². The minimum Gasteiger partial charge on any atom is -0.484 e. The van der Waals surface area contributed by atoms with Gasteiger partial charge in [0.1, 0.15) is 5.75 Å². The first-order chi connectivity index (χ1) is 16.0. The molecule has 1 N–H and O–H groups in total. The summed E-state index contributed by atoms with van der Waals surface area (Å²) in [6.45, 7) is 5.73. The lowest BCUT2D eigenvalue weighted by molar-refractivity contribution is -0.118. The SMILES string of the molecule is CC(=O)c1ccc(OCC(=O)Nc2ccc(-c3ccc(N4CCC(C)CC4)nn3)cc2)cc1. The molecule has 3 aromatic rings. The molecule has 1 aliphatic heterocycles. The topological polar surface area (TPSA) is 84.4 Å². The fourth-order valence-electron chi connectivity index (χ4n) is 3.74. The summed E-state index contributed by atoms with van der Waals surface area (Å²) in [5.41, 5.74) is 3.00. The van der Waals surface area contributed by atoms with Crippen molar-refractivity contribution in [2.45, 2.75) is 26.7 Å². The largest absolute Gasteiger partial charge is 0.484 e. The van der Waals surface area contributed by atoms with Gasteiger partial charge >= 0.3 is 0 Å². The molecule has 2 heterocycles. The molecule has 1 saturated heterocycles. The summed E-state index contributed by atoms with van der Waals surface area (Å²) in [6, 6.07) is 18.2. The number of aromatic nitrogens is 2. The van der Waals surface area contributed by atoms with Gasteiger partial charge in [-0.15, -0.1) is 10.2 Å². The molecular weight excluding hydrogens is 416 g/mol. The Bertz CT molecular complexity index is 1090. The van der Waals surface area contributed by atoms with Gasteiger partial charge in [0.25, 0.3) is 5.91 Å². The Labute approximate surface area is 193 Å². The lowest BCUT2D eigenvalue weighted by Gasteiger charge is -2.30. The van der Waals surface area contributed by atoms with Crippen LogP contribution in [0.3, 0.4) is 0 Å². The van der Waals surface area contributed by atoms with E-state index < -0.39 is 0 Å². The lowest BCUT2D eigenvalue weighted by Crippen LogP contribution is -2.33. The summed E-state index contributed by atoms with van der Waals surface area (Å²) < 4.78 is 5.49. The van der Waals surface area contributed by atoms with Crippen molar-refractivity contribution in [2.24, 2.45) is 5.92 Å². The number of nitrogens with zero attached hydrogens (tertiary/aromatic N) is 3. The van der Waals surface area contributed by atoms with Crippen molar-refractivity contribution < 1.29 is 14.3 Å². The van der Waals surface area contributed by atoms with Crippen molar-refractivity contribution in [1.82, 2.24) is 10.2 Å². The Morgan fingerprint density at radius 2 is 1.67 bits per heavy atom. The molecule has 0 spiro atoms. The van der Waals surface area contributed by atoms with Gasteiger partial charge in [0.2, 0.25) is 0 Å². The van der Waals surface area contributed by atoms with Crippen molar-refractivity contribution in [3.05, 3.63) is 66.2 Å². The number of ether oxygens (including phenoxy) is 1. The molecule has 0 aliphatic carbocycles. The van der Waals surface area contributed by atoms with Gasteiger partial charge in [0.05, 0.1) is 5.69 Å². The molecule has 1 fully saturated rings. The first kappa shape index (κ1) is 22.5. The van der Waals surface area contributed by atoms with Crippen LogP contribution in [0.4, 0.5) is 11.5 Å². The number of ketones is 1. The molecule has 1 aromatic heterocycles. The second-order valence-electron chi connectivity index (χ2n) is 8.44. The number of amides is 1. The van der Waals surface area contributed by atoms with E-state index >= 15 is 0 Å². The van der Waals surface area contributed by atoms with E-state index in [9.17, 15) is 9.59 Å². The zero-order chi connectivity index (χ0) is 23.2. The van der Waals surface area contributed by atoms with E-state index in [0.29, 0.717) is 17.0 Å². The third-order valence-corrected chi connectivity index (χ3v) is 5.85. The van der Waals surface area contributed by atoms with E-state index in [2.05, 4.69) is 27.3 Å². The Morgan fingerprint density at radius 3 is 2.27 bits per heavy atom. The second kappa shape index (κ2) is 10.3. The molecule has 0 radical (unpaired) electrons. The van der Waals surface area contributed by atoms with Crippen LogP contribution in [0.1, 0.15) is 37.0 Å². The summed E-state index contributed by atoms with van der Waals surface area (Å²) in [6.07, 6.45) is 2.38. The van der Waals surface area contributed by atoms with Crippen LogP contribution in [0, 0.1) is 5.92 Å². The van der Waals surface area contributed by atoms with Gasteiger partial charge in [-0.1, -0.05) is 19.1 Å².